The van der Waals surface area contributed by atoms with Crippen LogP contribution in [0.5, 0.6) is 0 Å². The van der Waals surface area contributed by atoms with Crippen molar-refractivity contribution in [3.8, 4) is 0 Å². The lowest BCUT2D eigenvalue weighted by atomic mass is 10.4. The van der Waals surface area contributed by atoms with E-state index in [4.69, 9.17) is 18.9 Å². The molecule has 0 aliphatic rings. The van der Waals surface area contributed by atoms with E-state index in [2.05, 4.69) is 0 Å². The molecule has 0 heterocycles. The van der Waals surface area contributed by atoms with Gasteiger partial charge < -0.3 is 18.9 Å². The quantitative estimate of drug-likeness (QED) is 0.445. The van der Waals surface area contributed by atoms with Gasteiger partial charge in [0.1, 0.15) is 26.1 Å². The van der Waals surface area contributed by atoms with E-state index in [0.29, 0.717) is 12.8 Å². The maximum absolute atomic E-state index is 11.0. The monoisotopic (exact) mass is 248 g/mol. The van der Waals surface area contributed by atoms with Crippen LogP contribution < -0.4 is 0 Å². The number of ether oxygens (including phenoxy) is 4. The van der Waals surface area contributed by atoms with Gasteiger partial charge in [0.25, 0.3) is 0 Å². The van der Waals surface area contributed by atoms with Crippen molar-refractivity contribution in [2.24, 2.45) is 0 Å². The number of rotatable bonds is 9. The number of esters is 2. The Labute approximate surface area is 101 Å². The molecular formula is C11H20O6. The summed E-state index contributed by atoms with van der Waals surface area (Å²) < 4.78 is 19.8. The highest BCUT2D eigenvalue weighted by molar-refractivity contribution is 5.69. The molecule has 0 bridgehead atoms. The minimum absolute atomic E-state index is 0.0486. The molecule has 0 aliphatic heterocycles. The molecule has 0 rings (SSSR count). The van der Waals surface area contributed by atoms with Gasteiger partial charge in [-0.05, 0) is 0 Å². The van der Waals surface area contributed by atoms with E-state index in [-0.39, 0.29) is 31.9 Å². The highest BCUT2D eigenvalue weighted by Crippen LogP contribution is 1.98. The lowest BCUT2D eigenvalue weighted by molar-refractivity contribution is -0.162. The zero-order chi connectivity index (χ0) is 13.1. The van der Waals surface area contributed by atoms with Crippen LogP contribution >= 0.6 is 0 Å². The molecule has 0 fully saturated rings. The second kappa shape index (κ2) is 10.0. The van der Waals surface area contributed by atoms with Crippen molar-refractivity contribution in [3.05, 3.63) is 0 Å². The summed E-state index contributed by atoms with van der Waals surface area (Å²) in [4.78, 5) is 21.9. The zero-order valence-corrected chi connectivity index (χ0v) is 10.6. The number of carbonyl (C=O) groups is 2. The first-order valence-electron chi connectivity index (χ1n) is 5.55. The van der Waals surface area contributed by atoms with Crippen molar-refractivity contribution < 1.29 is 28.5 Å². The van der Waals surface area contributed by atoms with Crippen molar-refractivity contribution in [2.75, 3.05) is 27.1 Å². The smallest absolute Gasteiger partial charge is 0.305 e. The second-order valence-electron chi connectivity index (χ2n) is 3.27. The van der Waals surface area contributed by atoms with Crippen LogP contribution in [-0.4, -0.2) is 45.2 Å². The van der Waals surface area contributed by atoms with E-state index in [1.807, 2.05) is 0 Å². The van der Waals surface area contributed by atoms with Gasteiger partial charge in [-0.2, -0.15) is 0 Å². The molecule has 100 valence electrons. The third-order valence-corrected chi connectivity index (χ3v) is 1.86. The first-order chi connectivity index (χ1) is 8.13. The molecule has 6 heteroatoms. The molecule has 0 aromatic heterocycles. The fourth-order valence-corrected chi connectivity index (χ4v) is 0.885. The Bertz CT molecular complexity index is 208. The summed E-state index contributed by atoms with van der Waals surface area (Å²) in [5, 5.41) is 0. The summed E-state index contributed by atoms with van der Waals surface area (Å²) in [6.45, 7) is 3.55. The molecule has 0 unspecified atom stereocenters. The van der Waals surface area contributed by atoms with Gasteiger partial charge in [-0.1, -0.05) is 13.8 Å². The Morgan fingerprint density at radius 1 is 1.00 bits per heavy atom. The zero-order valence-electron chi connectivity index (χ0n) is 10.6. The van der Waals surface area contributed by atoms with Crippen LogP contribution in [0, 0.1) is 0 Å². The normalized spacial score (nSPS) is 10.4. The van der Waals surface area contributed by atoms with Gasteiger partial charge in [0, 0.05) is 20.0 Å². The molecule has 17 heavy (non-hydrogen) atoms. The van der Waals surface area contributed by atoms with Crippen LogP contribution in [-0.2, 0) is 28.5 Å². The molecule has 6 nitrogen and oxygen atoms in total. The highest BCUT2D eigenvalue weighted by atomic mass is 16.7. The molecule has 0 atom stereocenters. The molecule has 0 saturated carbocycles. The summed E-state index contributed by atoms with van der Waals surface area (Å²) in [7, 11) is 1.48. The van der Waals surface area contributed by atoms with Gasteiger partial charge in [0.15, 0.2) is 0 Å². The topological polar surface area (TPSA) is 71.1 Å². The summed E-state index contributed by atoms with van der Waals surface area (Å²) in [5.41, 5.74) is 0. The highest BCUT2D eigenvalue weighted by Gasteiger charge is 2.14. The van der Waals surface area contributed by atoms with Crippen LogP contribution in [0.25, 0.3) is 0 Å². The summed E-state index contributed by atoms with van der Waals surface area (Å²) >= 11 is 0. The van der Waals surface area contributed by atoms with Gasteiger partial charge in [0.05, 0.1) is 0 Å². The minimum Gasteiger partial charge on any atom is -0.463 e. The molecule has 0 aromatic rings. The fourth-order valence-electron chi connectivity index (χ4n) is 0.885. The largest absolute Gasteiger partial charge is 0.463 e. The number of hydrogen-bond acceptors (Lipinski definition) is 6. The Morgan fingerprint density at radius 2 is 1.47 bits per heavy atom. The van der Waals surface area contributed by atoms with E-state index < -0.39 is 6.10 Å². The van der Waals surface area contributed by atoms with Crippen LogP contribution in [0.1, 0.15) is 26.7 Å². The third-order valence-electron chi connectivity index (χ3n) is 1.86. The lowest BCUT2D eigenvalue weighted by Crippen LogP contribution is -2.29. The maximum atomic E-state index is 11.0. The SMILES string of the molecule is CCC(=O)OCC(COC(=O)CC)OCOC. The standard InChI is InChI=1S/C11H20O6/c1-4-10(12)15-6-9(17-8-14-3)7-16-11(13)5-2/h9H,4-8H2,1-3H3. The van der Waals surface area contributed by atoms with Crippen LogP contribution in [0.15, 0.2) is 0 Å². The number of carbonyl (C=O) groups excluding carboxylic acids is 2. The van der Waals surface area contributed by atoms with Crippen molar-refractivity contribution in [2.45, 2.75) is 32.8 Å². The van der Waals surface area contributed by atoms with Gasteiger partial charge in [-0.15, -0.1) is 0 Å². The van der Waals surface area contributed by atoms with E-state index >= 15 is 0 Å². The summed E-state index contributed by atoms with van der Waals surface area (Å²) in [5.74, 6) is -0.643. The Morgan fingerprint density at radius 3 is 1.82 bits per heavy atom. The summed E-state index contributed by atoms with van der Waals surface area (Å²) in [6, 6.07) is 0. The summed E-state index contributed by atoms with van der Waals surface area (Å²) in [6.07, 6.45) is 0.0956. The van der Waals surface area contributed by atoms with Gasteiger partial charge in [-0.3, -0.25) is 9.59 Å². The van der Waals surface area contributed by atoms with Gasteiger partial charge >= 0.3 is 11.9 Å². The van der Waals surface area contributed by atoms with Gasteiger partial charge in [0.2, 0.25) is 0 Å². The molecule has 0 saturated heterocycles. The van der Waals surface area contributed by atoms with Gasteiger partial charge in [-0.25, -0.2) is 0 Å². The van der Waals surface area contributed by atoms with Crippen molar-refractivity contribution >= 4 is 11.9 Å². The van der Waals surface area contributed by atoms with Crippen LogP contribution in [0.2, 0.25) is 0 Å². The molecular weight excluding hydrogens is 228 g/mol. The number of hydrogen-bond donors (Lipinski definition) is 0. The average Bonchev–Trinajstić information content (AvgIpc) is 2.36. The molecule has 0 aromatic carbocycles. The average molecular weight is 248 g/mol. The van der Waals surface area contributed by atoms with E-state index in [1.54, 1.807) is 13.8 Å². The van der Waals surface area contributed by atoms with Crippen LogP contribution in [0.3, 0.4) is 0 Å². The minimum atomic E-state index is -0.499. The Balaban J connectivity index is 3.95. The van der Waals surface area contributed by atoms with E-state index in [0.717, 1.165) is 0 Å². The third kappa shape index (κ3) is 8.65. The predicted octanol–water partition coefficient (Wildman–Crippen LogP) is 0.882. The fraction of sp³-hybridized carbons (Fsp3) is 0.818. The van der Waals surface area contributed by atoms with Crippen molar-refractivity contribution in [1.82, 2.24) is 0 Å². The molecule has 0 amide bonds. The van der Waals surface area contributed by atoms with Crippen molar-refractivity contribution in [1.29, 1.82) is 0 Å². The Kier molecular flexibility index (Phi) is 9.37. The molecule has 0 aliphatic carbocycles. The maximum Gasteiger partial charge on any atom is 0.305 e. The van der Waals surface area contributed by atoms with E-state index in [9.17, 15) is 9.59 Å². The second-order valence-corrected chi connectivity index (χ2v) is 3.27. The molecule has 0 radical (unpaired) electrons. The molecule has 0 N–H and O–H groups in total. The van der Waals surface area contributed by atoms with E-state index in [1.165, 1.54) is 7.11 Å². The first kappa shape index (κ1) is 15.9. The lowest BCUT2D eigenvalue weighted by Gasteiger charge is -2.17. The Hall–Kier alpha value is -1.14. The number of methoxy groups -OCH3 is 1. The van der Waals surface area contributed by atoms with Crippen molar-refractivity contribution in [3.63, 3.8) is 0 Å². The first-order valence-corrected chi connectivity index (χ1v) is 5.55. The van der Waals surface area contributed by atoms with Crippen LogP contribution in [0.4, 0.5) is 0 Å². The molecule has 0 spiro atoms. The predicted molar refractivity (Wildman–Crippen MR) is 59.2 cm³/mol.